The third-order valence-corrected chi connectivity index (χ3v) is 3.89. The van der Waals surface area contributed by atoms with Gasteiger partial charge in [0.15, 0.2) is 0 Å². The molecule has 2 nitrogen and oxygen atoms in total. The lowest BCUT2D eigenvalue weighted by Gasteiger charge is -2.29. The highest BCUT2D eigenvalue weighted by molar-refractivity contribution is 5.82. The molecule has 0 aromatic heterocycles. The Morgan fingerprint density at radius 1 is 1.11 bits per heavy atom. The van der Waals surface area contributed by atoms with Crippen molar-refractivity contribution in [3.8, 4) is 0 Å². The van der Waals surface area contributed by atoms with Gasteiger partial charge in [0, 0.05) is 11.0 Å². The Labute approximate surface area is 105 Å². The Balaban J connectivity index is 1.97. The molecule has 1 heterocycles. The van der Waals surface area contributed by atoms with Crippen LogP contribution in [0.5, 0.6) is 0 Å². The van der Waals surface area contributed by atoms with Gasteiger partial charge in [0.05, 0.1) is 6.42 Å². The van der Waals surface area contributed by atoms with E-state index in [-0.39, 0.29) is 17.2 Å². The number of esters is 1. The van der Waals surface area contributed by atoms with Gasteiger partial charge in [0.25, 0.3) is 0 Å². The van der Waals surface area contributed by atoms with Crippen LogP contribution in [0, 0.1) is 11.2 Å². The summed E-state index contributed by atoms with van der Waals surface area (Å²) in [6.45, 7) is 0. The average molecular weight is 246 g/mol. The van der Waals surface area contributed by atoms with Gasteiger partial charge in [-0.15, -0.1) is 0 Å². The topological polar surface area (TPSA) is 26.3 Å². The summed E-state index contributed by atoms with van der Waals surface area (Å²) in [5.74, 6) is 0.143. The van der Waals surface area contributed by atoms with Crippen LogP contribution < -0.4 is 0 Å². The summed E-state index contributed by atoms with van der Waals surface area (Å²) in [6, 6.07) is 6.09. The van der Waals surface area contributed by atoms with Crippen molar-refractivity contribution in [2.24, 2.45) is 5.41 Å². The predicted molar refractivity (Wildman–Crippen MR) is 66.0 cm³/mol. The monoisotopic (exact) mass is 246 g/mol. The number of hydrogen-bond donors (Lipinski definition) is 0. The minimum atomic E-state index is -0.280. The molecule has 0 bridgehead atoms. The number of rotatable bonds is 1. The summed E-state index contributed by atoms with van der Waals surface area (Å²) in [6.07, 6.45) is 6.99. The molecule has 0 saturated heterocycles. The van der Waals surface area contributed by atoms with Gasteiger partial charge in [-0.3, -0.25) is 4.79 Å². The van der Waals surface area contributed by atoms with Crippen LogP contribution in [-0.4, -0.2) is 5.97 Å². The Kier molecular flexibility index (Phi) is 2.69. The van der Waals surface area contributed by atoms with Gasteiger partial charge < -0.3 is 4.74 Å². The van der Waals surface area contributed by atoms with Crippen LogP contribution >= 0.6 is 0 Å². The average Bonchev–Trinajstić information content (AvgIpc) is 2.77. The first kappa shape index (κ1) is 11.5. The number of hydrogen-bond acceptors (Lipinski definition) is 2. The van der Waals surface area contributed by atoms with Crippen LogP contribution in [0.25, 0.3) is 5.76 Å². The SMILES string of the molecule is O=C1CC2(C=C(c3ccc(F)cc3)O1)CCCC2. The molecule has 0 unspecified atom stereocenters. The van der Waals surface area contributed by atoms with Crippen LogP contribution in [0.2, 0.25) is 0 Å². The van der Waals surface area contributed by atoms with E-state index in [1.807, 2.05) is 0 Å². The Bertz CT molecular complexity index is 496. The van der Waals surface area contributed by atoms with E-state index in [0.29, 0.717) is 12.2 Å². The highest BCUT2D eigenvalue weighted by Crippen LogP contribution is 2.46. The van der Waals surface area contributed by atoms with Gasteiger partial charge in [0.2, 0.25) is 0 Å². The Morgan fingerprint density at radius 2 is 1.78 bits per heavy atom. The molecule has 1 spiro atoms. The number of carbonyl (C=O) groups is 1. The number of cyclic esters (lactones) is 1. The maximum Gasteiger partial charge on any atom is 0.312 e. The lowest BCUT2D eigenvalue weighted by molar-refractivity contribution is -0.139. The fraction of sp³-hybridized carbons (Fsp3) is 0.400. The molecule has 2 aliphatic rings. The molecule has 1 aromatic rings. The predicted octanol–water partition coefficient (Wildman–Crippen LogP) is 3.67. The third-order valence-electron chi connectivity index (χ3n) is 3.89. The van der Waals surface area contributed by atoms with E-state index in [2.05, 4.69) is 6.08 Å². The third kappa shape index (κ3) is 2.05. The summed E-state index contributed by atoms with van der Waals surface area (Å²) >= 11 is 0. The second-order valence-electron chi connectivity index (χ2n) is 5.24. The number of carbonyl (C=O) groups excluding carboxylic acids is 1. The Hall–Kier alpha value is -1.64. The van der Waals surface area contributed by atoms with Crippen molar-refractivity contribution in [1.29, 1.82) is 0 Å². The second-order valence-corrected chi connectivity index (χ2v) is 5.24. The minimum absolute atomic E-state index is 0.0148. The van der Waals surface area contributed by atoms with Gasteiger partial charge in [-0.1, -0.05) is 12.8 Å². The molecule has 18 heavy (non-hydrogen) atoms. The lowest BCUT2D eigenvalue weighted by Crippen LogP contribution is -2.25. The van der Waals surface area contributed by atoms with Crippen molar-refractivity contribution in [2.45, 2.75) is 32.1 Å². The van der Waals surface area contributed by atoms with Crippen molar-refractivity contribution in [1.82, 2.24) is 0 Å². The fourth-order valence-corrected chi connectivity index (χ4v) is 2.96. The normalized spacial score (nSPS) is 21.8. The van der Waals surface area contributed by atoms with Gasteiger partial charge >= 0.3 is 5.97 Å². The summed E-state index contributed by atoms with van der Waals surface area (Å²) in [4.78, 5) is 11.7. The highest BCUT2D eigenvalue weighted by atomic mass is 19.1. The first-order chi connectivity index (χ1) is 8.67. The standard InChI is InChI=1S/C15H15FO2/c16-12-5-3-11(4-6-12)13-9-15(7-1-2-8-15)10-14(17)18-13/h3-6,9H,1-2,7-8,10H2. The molecule has 94 valence electrons. The van der Waals surface area contributed by atoms with E-state index in [4.69, 9.17) is 4.74 Å². The summed E-state index contributed by atoms with van der Waals surface area (Å²) in [5.41, 5.74) is 0.759. The smallest absolute Gasteiger partial charge is 0.312 e. The van der Waals surface area contributed by atoms with E-state index in [1.54, 1.807) is 12.1 Å². The van der Waals surface area contributed by atoms with Crippen molar-refractivity contribution in [3.63, 3.8) is 0 Å². The molecule has 1 aliphatic carbocycles. The van der Waals surface area contributed by atoms with Gasteiger partial charge in [0.1, 0.15) is 11.6 Å². The summed E-state index contributed by atoms with van der Waals surface area (Å²) in [5, 5.41) is 0. The van der Waals surface area contributed by atoms with Crippen LogP contribution in [-0.2, 0) is 9.53 Å². The minimum Gasteiger partial charge on any atom is -0.426 e. The summed E-state index contributed by atoms with van der Waals surface area (Å²) in [7, 11) is 0. The summed E-state index contributed by atoms with van der Waals surface area (Å²) < 4.78 is 18.2. The number of ether oxygens (including phenoxy) is 1. The molecule has 0 radical (unpaired) electrons. The van der Waals surface area contributed by atoms with E-state index in [0.717, 1.165) is 18.4 Å². The van der Waals surface area contributed by atoms with Crippen LogP contribution in [0.1, 0.15) is 37.7 Å². The molecule has 3 rings (SSSR count). The number of halogens is 1. The van der Waals surface area contributed by atoms with Crippen molar-refractivity contribution in [3.05, 3.63) is 41.7 Å². The zero-order valence-corrected chi connectivity index (χ0v) is 10.1. The number of allylic oxidation sites excluding steroid dienone is 1. The fourth-order valence-electron chi connectivity index (χ4n) is 2.96. The molecule has 1 saturated carbocycles. The largest absolute Gasteiger partial charge is 0.426 e. The number of benzene rings is 1. The van der Waals surface area contributed by atoms with Crippen LogP contribution in [0.4, 0.5) is 4.39 Å². The highest BCUT2D eigenvalue weighted by Gasteiger charge is 2.38. The molecular weight excluding hydrogens is 231 g/mol. The molecule has 3 heteroatoms. The quantitative estimate of drug-likeness (QED) is 0.707. The van der Waals surface area contributed by atoms with Crippen LogP contribution in [0.3, 0.4) is 0 Å². The molecule has 1 aromatic carbocycles. The van der Waals surface area contributed by atoms with Crippen molar-refractivity contribution in [2.75, 3.05) is 0 Å². The lowest BCUT2D eigenvalue weighted by atomic mass is 9.80. The molecule has 1 fully saturated rings. The van der Waals surface area contributed by atoms with Crippen LogP contribution in [0.15, 0.2) is 30.3 Å². The molecule has 0 N–H and O–H groups in total. The first-order valence-corrected chi connectivity index (χ1v) is 6.36. The zero-order valence-electron chi connectivity index (χ0n) is 10.1. The zero-order chi connectivity index (χ0) is 12.6. The van der Waals surface area contributed by atoms with E-state index < -0.39 is 0 Å². The van der Waals surface area contributed by atoms with E-state index >= 15 is 0 Å². The molecule has 0 amide bonds. The maximum absolute atomic E-state index is 12.9. The van der Waals surface area contributed by atoms with Gasteiger partial charge in [-0.05, 0) is 43.2 Å². The van der Waals surface area contributed by atoms with Gasteiger partial charge in [-0.2, -0.15) is 0 Å². The molecular formula is C15H15FO2. The van der Waals surface area contributed by atoms with Crippen molar-refractivity contribution >= 4 is 11.7 Å². The molecule has 1 aliphatic heterocycles. The van der Waals surface area contributed by atoms with E-state index in [1.165, 1.54) is 25.0 Å². The maximum atomic E-state index is 12.9. The Morgan fingerprint density at radius 3 is 2.44 bits per heavy atom. The first-order valence-electron chi connectivity index (χ1n) is 6.36. The second kappa shape index (κ2) is 4.23. The van der Waals surface area contributed by atoms with E-state index in [9.17, 15) is 9.18 Å². The van der Waals surface area contributed by atoms with Gasteiger partial charge in [-0.25, -0.2) is 4.39 Å². The molecule has 0 atom stereocenters. The van der Waals surface area contributed by atoms with Crippen molar-refractivity contribution < 1.29 is 13.9 Å².